The molecule has 2 aliphatic heterocycles. The van der Waals surface area contributed by atoms with Crippen LogP contribution in [0.3, 0.4) is 0 Å². The molecule has 230 valence electrons. The number of amides is 1. The van der Waals surface area contributed by atoms with Crippen molar-refractivity contribution in [3.8, 4) is 5.75 Å². The molecule has 0 unspecified atom stereocenters. The number of benzene rings is 1. The van der Waals surface area contributed by atoms with Crippen LogP contribution in [0.2, 0.25) is 0 Å². The summed E-state index contributed by atoms with van der Waals surface area (Å²) >= 11 is 0. The van der Waals surface area contributed by atoms with Crippen LogP contribution in [0, 0.1) is 5.82 Å². The normalized spacial score (nSPS) is 22.5. The summed E-state index contributed by atoms with van der Waals surface area (Å²) in [6.07, 6.45) is 2.36. The van der Waals surface area contributed by atoms with Gasteiger partial charge in [0, 0.05) is 18.3 Å². The molecule has 1 aliphatic carbocycles. The molecule has 2 aromatic heterocycles. The molecule has 10 nitrogen and oxygen atoms in total. The van der Waals surface area contributed by atoms with Gasteiger partial charge in [-0.15, -0.1) is 0 Å². The summed E-state index contributed by atoms with van der Waals surface area (Å²) in [5.74, 6) is -1.41. The highest BCUT2D eigenvalue weighted by atomic mass is 19.3. The lowest BCUT2D eigenvalue weighted by Crippen LogP contribution is -2.37. The summed E-state index contributed by atoms with van der Waals surface area (Å²) in [4.78, 5) is 22.6. The third-order valence-corrected chi connectivity index (χ3v) is 8.14. The maximum absolute atomic E-state index is 15.2. The molecule has 2 N–H and O–H groups in total. The molecule has 3 aromatic rings. The number of hydrogen-bond donors (Lipinski definition) is 1. The van der Waals surface area contributed by atoms with Crippen molar-refractivity contribution < 1.29 is 36.9 Å². The molecule has 1 amide bonds. The molecular formula is C30H34F3N5O5. The van der Waals surface area contributed by atoms with Gasteiger partial charge in [0.15, 0.2) is 5.79 Å². The first-order valence-corrected chi connectivity index (χ1v) is 14.4. The molecule has 1 aromatic carbocycles. The third-order valence-electron chi connectivity index (χ3n) is 8.14. The average molecular weight is 602 g/mol. The first-order valence-electron chi connectivity index (χ1n) is 14.4. The number of nitrogens with zero attached hydrogens (tertiary/aromatic N) is 4. The number of alkyl halides is 2. The minimum Gasteiger partial charge on any atom is -0.489 e. The summed E-state index contributed by atoms with van der Waals surface area (Å²) in [6, 6.07) is 2.53. The van der Waals surface area contributed by atoms with E-state index in [1.807, 2.05) is 43.7 Å². The van der Waals surface area contributed by atoms with Gasteiger partial charge < -0.3 is 34.1 Å². The third kappa shape index (κ3) is 5.40. The standard InChI is InChI=1S/C30H34F3N5O5/c1-4-5-10-40-29(39)37-8-6-17-20(13-37)22(12-19(23(17)31)26(32)33)41-14-16-11-21(25-24(16)42-30(2,3)43-25)38-9-7-18-27(34)35-15-36-28(18)38/h7,9,11-12,15,21,24-26H,4-6,8,10,13-14H2,1-3H3,(H2,34,35,36)/t21-,24-,25+/m1/s1. The fourth-order valence-corrected chi connectivity index (χ4v) is 6.03. The van der Waals surface area contributed by atoms with Crippen molar-refractivity contribution in [3.63, 3.8) is 0 Å². The van der Waals surface area contributed by atoms with Gasteiger partial charge in [-0.2, -0.15) is 0 Å². The number of anilines is 1. The lowest BCUT2D eigenvalue weighted by Gasteiger charge is -2.30. The Bertz CT molecular complexity index is 1580. The molecule has 0 radical (unpaired) electrons. The van der Waals surface area contributed by atoms with Gasteiger partial charge in [-0.25, -0.2) is 27.9 Å². The molecule has 1 fully saturated rings. The van der Waals surface area contributed by atoms with Crippen LogP contribution < -0.4 is 10.5 Å². The molecule has 3 atom stereocenters. The van der Waals surface area contributed by atoms with Crippen LogP contribution in [0.4, 0.5) is 23.8 Å². The lowest BCUT2D eigenvalue weighted by molar-refractivity contribution is -0.148. The SMILES string of the molecule is CCCCOC(=O)N1CCc2c(F)c(C(F)F)cc(OCC3=C[C@@H](n4ccc5c(N)ncnc54)[C@@H]4OC(C)(C)O[C@H]34)c2C1. The van der Waals surface area contributed by atoms with Crippen LogP contribution in [0.5, 0.6) is 5.75 Å². The zero-order valence-corrected chi connectivity index (χ0v) is 24.2. The first kappa shape index (κ1) is 29.2. The molecule has 43 heavy (non-hydrogen) atoms. The number of aromatic nitrogens is 3. The van der Waals surface area contributed by atoms with Gasteiger partial charge in [-0.05, 0) is 50.0 Å². The van der Waals surface area contributed by atoms with Crippen LogP contribution >= 0.6 is 0 Å². The topological polar surface area (TPSA) is 114 Å². The van der Waals surface area contributed by atoms with Gasteiger partial charge in [-0.1, -0.05) is 19.4 Å². The molecule has 0 saturated carbocycles. The van der Waals surface area contributed by atoms with Gasteiger partial charge in [0.2, 0.25) is 0 Å². The van der Waals surface area contributed by atoms with Gasteiger partial charge >= 0.3 is 6.09 Å². The number of hydrogen-bond acceptors (Lipinski definition) is 8. The number of nitrogen functional groups attached to an aromatic ring is 1. The van der Waals surface area contributed by atoms with E-state index in [2.05, 4.69) is 9.97 Å². The number of unbranched alkanes of at least 4 members (excludes halogenated alkanes) is 1. The van der Waals surface area contributed by atoms with E-state index in [0.717, 1.165) is 24.5 Å². The Labute approximate surface area is 246 Å². The van der Waals surface area contributed by atoms with Crippen LogP contribution in [0.15, 0.2) is 36.3 Å². The highest BCUT2D eigenvalue weighted by molar-refractivity contribution is 5.86. The van der Waals surface area contributed by atoms with Crippen molar-refractivity contribution in [2.45, 2.75) is 77.0 Å². The van der Waals surface area contributed by atoms with Crippen molar-refractivity contribution in [1.82, 2.24) is 19.4 Å². The zero-order valence-electron chi connectivity index (χ0n) is 24.2. The Morgan fingerprint density at radius 1 is 1.26 bits per heavy atom. The Kier molecular flexibility index (Phi) is 7.71. The maximum Gasteiger partial charge on any atom is 0.410 e. The maximum atomic E-state index is 15.2. The van der Waals surface area contributed by atoms with E-state index in [4.69, 9.17) is 24.7 Å². The van der Waals surface area contributed by atoms with Gasteiger partial charge in [0.1, 0.15) is 48.2 Å². The van der Waals surface area contributed by atoms with Crippen molar-refractivity contribution in [1.29, 1.82) is 0 Å². The number of carbonyl (C=O) groups excluding carboxylic acids is 1. The molecule has 0 bridgehead atoms. The number of halogens is 3. The fourth-order valence-electron chi connectivity index (χ4n) is 6.03. The molecule has 13 heteroatoms. The van der Waals surface area contributed by atoms with E-state index >= 15 is 4.39 Å². The number of ether oxygens (including phenoxy) is 4. The summed E-state index contributed by atoms with van der Waals surface area (Å²) < 4.78 is 68.9. The molecular weight excluding hydrogens is 567 g/mol. The second-order valence-corrected chi connectivity index (χ2v) is 11.4. The first-order chi connectivity index (χ1) is 20.6. The van der Waals surface area contributed by atoms with Crippen LogP contribution in [0.25, 0.3) is 11.0 Å². The summed E-state index contributed by atoms with van der Waals surface area (Å²) in [5.41, 5.74) is 7.14. The van der Waals surface area contributed by atoms with Gasteiger partial charge in [0.05, 0.1) is 30.1 Å². The van der Waals surface area contributed by atoms with Gasteiger partial charge in [0.25, 0.3) is 6.43 Å². The van der Waals surface area contributed by atoms with Crippen molar-refractivity contribution >= 4 is 22.9 Å². The Hall–Kier alpha value is -3.84. The summed E-state index contributed by atoms with van der Waals surface area (Å²) in [5, 5.41) is 0.700. The van der Waals surface area contributed by atoms with Gasteiger partial charge in [-0.3, -0.25) is 0 Å². The van der Waals surface area contributed by atoms with E-state index in [9.17, 15) is 13.6 Å². The van der Waals surface area contributed by atoms with E-state index < -0.39 is 41.9 Å². The fraction of sp³-hybridized carbons (Fsp3) is 0.500. The monoisotopic (exact) mass is 601 g/mol. The Morgan fingerprint density at radius 2 is 2.07 bits per heavy atom. The molecule has 1 saturated heterocycles. The van der Waals surface area contributed by atoms with Crippen molar-refractivity contribution in [2.75, 3.05) is 25.5 Å². The quantitative estimate of drug-likeness (QED) is 0.267. The summed E-state index contributed by atoms with van der Waals surface area (Å²) in [6.45, 7) is 5.98. The second kappa shape index (κ2) is 11.3. The van der Waals surface area contributed by atoms with E-state index in [-0.39, 0.29) is 50.1 Å². The highest BCUT2D eigenvalue weighted by Gasteiger charge is 2.51. The predicted molar refractivity (Wildman–Crippen MR) is 150 cm³/mol. The number of nitrogens with two attached hydrogens (primary N) is 1. The minimum absolute atomic E-state index is 0.0209. The Morgan fingerprint density at radius 3 is 2.84 bits per heavy atom. The minimum atomic E-state index is -3.03. The van der Waals surface area contributed by atoms with E-state index in [1.54, 1.807) is 0 Å². The molecule has 4 heterocycles. The van der Waals surface area contributed by atoms with E-state index in [1.165, 1.54) is 11.2 Å². The van der Waals surface area contributed by atoms with Crippen LogP contribution in [-0.4, -0.2) is 63.3 Å². The number of fused-ring (bicyclic) bond motifs is 3. The second-order valence-electron chi connectivity index (χ2n) is 11.4. The van der Waals surface area contributed by atoms with Crippen LogP contribution in [-0.2, 0) is 27.2 Å². The average Bonchev–Trinajstić information content (AvgIpc) is 3.63. The molecule has 3 aliphatic rings. The number of carbonyl (C=O) groups is 1. The van der Waals surface area contributed by atoms with E-state index in [0.29, 0.717) is 22.4 Å². The summed E-state index contributed by atoms with van der Waals surface area (Å²) in [7, 11) is 0. The Balaban J connectivity index is 1.30. The highest BCUT2D eigenvalue weighted by Crippen LogP contribution is 2.45. The molecule has 6 rings (SSSR count). The zero-order chi connectivity index (χ0) is 30.5. The predicted octanol–water partition coefficient (Wildman–Crippen LogP) is 5.47. The lowest BCUT2D eigenvalue weighted by atomic mass is 9.95. The molecule has 0 spiro atoms. The smallest absolute Gasteiger partial charge is 0.410 e. The largest absolute Gasteiger partial charge is 0.489 e. The number of rotatable bonds is 8. The van der Waals surface area contributed by atoms with Crippen molar-refractivity contribution in [3.05, 3.63) is 58.8 Å². The van der Waals surface area contributed by atoms with Crippen LogP contribution in [0.1, 0.15) is 62.8 Å². The van der Waals surface area contributed by atoms with Crippen molar-refractivity contribution in [2.24, 2.45) is 0 Å².